The Kier molecular flexibility index (Phi) is 4.88. The summed E-state index contributed by atoms with van der Waals surface area (Å²) in [6.45, 7) is 6.72. The highest BCUT2D eigenvalue weighted by molar-refractivity contribution is 5.94. The molecule has 1 atom stereocenters. The van der Waals surface area contributed by atoms with Crippen LogP contribution in [0.3, 0.4) is 0 Å². The lowest BCUT2D eigenvalue weighted by molar-refractivity contribution is -0.138. The first-order chi connectivity index (χ1) is 12.0. The molecule has 1 aromatic heterocycles. The van der Waals surface area contributed by atoms with Crippen molar-refractivity contribution in [2.45, 2.75) is 39.7 Å². The third kappa shape index (κ3) is 3.43. The SMILES string of the molecule is Cc1nn(-c2ccccc2)c(C)c1C(=O)O[C@H](C)C(=O)N1CCCC1. The highest BCUT2D eigenvalue weighted by Gasteiger charge is 2.28. The van der Waals surface area contributed by atoms with Crippen LogP contribution in [0.1, 0.15) is 41.5 Å². The van der Waals surface area contributed by atoms with Crippen LogP contribution >= 0.6 is 0 Å². The zero-order chi connectivity index (χ0) is 18.0. The summed E-state index contributed by atoms with van der Waals surface area (Å²) < 4.78 is 7.16. The van der Waals surface area contributed by atoms with Crippen LogP contribution < -0.4 is 0 Å². The third-order valence-electron chi connectivity index (χ3n) is 4.55. The average molecular weight is 341 g/mol. The molecule has 1 aliphatic rings. The smallest absolute Gasteiger partial charge is 0.342 e. The number of nitrogens with zero attached hydrogens (tertiary/aromatic N) is 3. The molecule has 1 amide bonds. The summed E-state index contributed by atoms with van der Waals surface area (Å²) in [6, 6.07) is 9.61. The Morgan fingerprint density at radius 1 is 1.12 bits per heavy atom. The highest BCUT2D eigenvalue weighted by atomic mass is 16.5. The monoisotopic (exact) mass is 341 g/mol. The molecule has 1 saturated heterocycles. The van der Waals surface area contributed by atoms with E-state index in [1.165, 1.54) is 0 Å². The lowest BCUT2D eigenvalue weighted by atomic mass is 10.2. The van der Waals surface area contributed by atoms with Crippen LogP contribution in [0.5, 0.6) is 0 Å². The molecule has 1 aliphatic heterocycles. The zero-order valence-corrected chi connectivity index (χ0v) is 14.9. The van der Waals surface area contributed by atoms with E-state index in [9.17, 15) is 9.59 Å². The van der Waals surface area contributed by atoms with E-state index in [0.29, 0.717) is 17.0 Å². The molecule has 25 heavy (non-hydrogen) atoms. The quantitative estimate of drug-likeness (QED) is 0.802. The number of esters is 1. The molecule has 0 radical (unpaired) electrons. The molecule has 0 saturated carbocycles. The average Bonchev–Trinajstić information content (AvgIpc) is 3.23. The lowest BCUT2D eigenvalue weighted by Crippen LogP contribution is -2.38. The molecule has 6 nitrogen and oxygen atoms in total. The number of hydrogen-bond acceptors (Lipinski definition) is 4. The van der Waals surface area contributed by atoms with Crippen molar-refractivity contribution >= 4 is 11.9 Å². The van der Waals surface area contributed by atoms with Crippen molar-refractivity contribution in [2.24, 2.45) is 0 Å². The summed E-state index contributed by atoms with van der Waals surface area (Å²) in [5.74, 6) is -0.631. The number of ether oxygens (including phenoxy) is 1. The van der Waals surface area contributed by atoms with E-state index >= 15 is 0 Å². The highest BCUT2D eigenvalue weighted by Crippen LogP contribution is 2.20. The summed E-state index contributed by atoms with van der Waals surface area (Å²) in [7, 11) is 0. The van der Waals surface area contributed by atoms with Gasteiger partial charge >= 0.3 is 5.97 Å². The first-order valence-electron chi connectivity index (χ1n) is 8.60. The number of amides is 1. The van der Waals surface area contributed by atoms with Crippen LogP contribution in [0, 0.1) is 13.8 Å². The Hall–Kier alpha value is -2.63. The van der Waals surface area contributed by atoms with Crippen molar-refractivity contribution in [3.63, 3.8) is 0 Å². The van der Waals surface area contributed by atoms with Crippen molar-refractivity contribution < 1.29 is 14.3 Å². The maximum absolute atomic E-state index is 12.6. The lowest BCUT2D eigenvalue weighted by Gasteiger charge is -2.20. The first-order valence-corrected chi connectivity index (χ1v) is 8.60. The van der Waals surface area contributed by atoms with Gasteiger partial charge in [-0.25, -0.2) is 9.48 Å². The molecule has 2 heterocycles. The van der Waals surface area contributed by atoms with Gasteiger partial charge in [-0.2, -0.15) is 5.10 Å². The standard InChI is InChI=1S/C19H23N3O3/c1-13-17(14(2)22(20-13)16-9-5-4-6-10-16)19(24)25-15(3)18(23)21-11-7-8-12-21/h4-6,9-10,15H,7-8,11-12H2,1-3H3/t15-/m1/s1. The van der Waals surface area contributed by atoms with Crippen LogP contribution in [0.2, 0.25) is 0 Å². The summed E-state index contributed by atoms with van der Waals surface area (Å²) in [4.78, 5) is 26.7. The Morgan fingerprint density at radius 2 is 1.76 bits per heavy atom. The Bertz CT molecular complexity index is 777. The minimum atomic E-state index is -0.788. The van der Waals surface area contributed by atoms with Gasteiger partial charge in [-0.3, -0.25) is 4.79 Å². The minimum Gasteiger partial charge on any atom is -0.449 e. The minimum absolute atomic E-state index is 0.128. The van der Waals surface area contributed by atoms with E-state index < -0.39 is 12.1 Å². The largest absolute Gasteiger partial charge is 0.449 e. The van der Waals surface area contributed by atoms with Gasteiger partial charge in [0.05, 0.1) is 17.1 Å². The molecule has 0 aliphatic carbocycles. The fourth-order valence-electron chi connectivity index (χ4n) is 3.22. The van der Waals surface area contributed by atoms with Crippen LogP contribution in [0.25, 0.3) is 5.69 Å². The zero-order valence-electron chi connectivity index (χ0n) is 14.9. The second-order valence-corrected chi connectivity index (χ2v) is 6.37. The van der Waals surface area contributed by atoms with Gasteiger partial charge in [0.15, 0.2) is 6.10 Å². The summed E-state index contributed by atoms with van der Waals surface area (Å²) in [6.07, 6.45) is 1.23. The molecule has 3 rings (SSSR count). The van der Waals surface area contributed by atoms with Crippen LogP contribution in [-0.2, 0) is 9.53 Å². The molecule has 2 aromatic rings. The van der Waals surface area contributed by atoms with Gasteiger partial charge in [0, 0.05) is 13.1 Å². The van der Waals surface area contributed by atoms with E-state index in [0.717, 1.165) is 31.6 Å². The number of carbonyl (C=O) groups is 2. The van der Waals surface area contributed by atoms with Crippen LogP contribution in [0.15, 0.2) is 30.3 Å². The molecule has 0 unspecified atom stereocenters. The number of aryl methyl sites for hydroxylation is 1. The van der Waals surface area contributed by atoms with Gasteiger partial charge in [0.2, 0.25) is 0 Å². The Labute approximate surface area is 147 Å². The van der Waals surface area contributed by atoms with E-state index in [2.05, 4.69) is 5.10 Å². The van der Waals surface area contributed by atoms with Crippen LogP contribution in [0.4, 0.5) is 0 Å². The predicted octanol–water partition coefficient (Wildman–Crippen LogP) is 2.66. The van der Waals surface area contributed by atoms with Crippen molar-refractivity contribution in [3.05, 3.63) is 47.3 Å². The molecule has 0 bridgehead atoms. The molecule has 0 spiro atoms. The second kappa shape index (κ2) is 7.09. The summed E-state index contributed by atoms with van der Waals surface area (Å²) in [5.41, 5.74) is 2.59. The molecule has 132 valence electrons. The molecule has 1 aromatic carbocycles. The topological polar surface area (TPSA) is 64.4 Å². The van der Waals surface area contributed by atoms with Crippen molar-refractivity contribution in [2.75, 3.05) is 13.1 Å². The van der Waals surface area contributed by atoms with Crippen LogP contribution in [-0.4, -0.2) is 45.8 Å². The van der Waals surface area contributed by atoms with Crippen molar-refractivity contribution in [3.8, 4) is 5.69 Å². The number of benzene rings is 1. The number of likely N-dealkylation sites (tertiary alicyclic amines) is 1. The normalized spacial score (nSPS) is 15.2. The van der Waals surface area contributed by atoms with E-state index in [1.54, 1.807) is 23.4 Å². The number of hydrogen-bond donors (Lipinski definition) is 0. The molecule has 1 fully saturated rings. The number of para-hydroxylation sites is 1. The van der Waals surface area contributed by atoms with Gasteiger partial charge in [-0.05, 0) is 45.7 Å². The van der Waals surface area contributed by atoms with E-state index in [1.807, 2.05) is 37.3 Å². The Morgan fingerprint density at radius 3 is 2.40 bits per heavy atom. The molecular formula is C19H23N3O3. The Balaban J connectivity index is 1.78. The predicted molar refractivity (Wildman–Crippen MR) is 93.7 cm³/mol. The summed E-state index contributed by atoms with van der Waals surface area (Å²) >= 11 is 0. The van der Waals surface area contributed by atoms with Gasteiger partial charge in [0.1, 0.15) is 5.56 Å². The van der Waals surface area contributed by atoms with Crippen molar-refractivity contribution in [1.29, 1.82) is 0 Å². The second-order valence-electron chi connectivity index (χ2n) is 6.37. The van der Waals surface area contributed by atoms with Gasteiger partial charge in [-0.1, -0.05) is 18.2 Å². The fraction of sp³-hybridized carbons (Fsp3) is 0.421. The molecule has 0 N–H and O–H groups in total. The maximum Gasteiger partial charge on any atom is 0.342 e. The van der Waals surface area contributed by atoms with Gasteiger partial charge in [-0.15, -0.1) is 0 Å². The van der Waals surface area contributed by atoms with Gasteiger partial charge < -0.3 is 9.64 Å². The fourth-order valence-corrected chi connectivity index (χ4v) is 3.22. The maximum atomic E-state index is 12.6. The van der Waals surface area contributed by atoms with E-state index in [-0.39, 0.29) is 5.91 Å². The van der Waals surface area contributed by atoms with E-state index in [4.69, 9.17) is 4.74 Å². The van der Waals surface area contributed by atoms with Gasteiger partial charge in [0.25, 0.3) is 5.91 Å². The third-order valence-corrected chi connectivity index (χ3v) is 4.55. The first kappa shape index (κ1) is 17.2. The summed E-state index contributed by atoms with van der Waals surface area (Å²) in [5, 5.41) is 4.45. The number of carbonyl (C=O) groups excluding carboxylic acids is 2. The number of rotatable bonds is 4. The molecule has 6 heteroatoms. The van der Waals surface area contributed by atoms with Crippen molar-refractivity contribution in [1.82, 2.24) is 14.7 Å². The molecular weight excluding hydrogens is 318 g/mol. The number of aromatic nitrogens is 2.